The number of piperidine rings is 1. The number of benzene rings is 1. The highest BCUT2D eigenvalue weighted by Gasteiger charge is 2.54. The third kappa shape index (κ3) is 6.13. The van der Waals surface area contributed by atoms with Crippen molar-refractivity contribution in [2.45, 2.75) is 87.3 Å². The molecule has 3 N–H and O–H groups in total. The number of pyridine rings is 1. The van der Waals surface area contributed by atoms with Crippen molar-refractivity contribution >= 4 is 27.8 Å². The second-order valence-corrected chi connectivity index (χ2v) is 12.5. The lowest BCUT2D eigenvalue weighted by molar-refractivity contribution is -0.128. The van der Waals surface area contributed by atoms with Crippen LogP contribution in [0.15, 0.2) is 41.4 Å². The van der Waals surface area contributed by atoms with Gasteiger partial charge in [-0.3, -0.25) is 4.79 Å². The van der Waals surface area contributed by atoms with Gasteiger partial charge in [-0.05, 0) is 61.8 Å². The van der Waals surface area contributed by atoms with Gasteiger partial charge in [0, 0.05) is 32.0 Å². The fourth-order valence-corrected chi connectivity index (χ4v) is 6.66. The Balaban J connectivity index is 1.28. The Kier molecular flexibility index (Phi) is 7.70. The summed E-state index contributed by atoms with van der Waals surface area (Å²) in [5, 5.41) is 11.2. The van der Waals surface area contributed by atoms with E-state index in [0.29, 0.717) is 56.3 Å². The molecular weight excluding hydrogens is 520 g/mol. The summed E-state index contributed by atoms with van der Waals surface area (Å²) in [6.45, 7) is 3.03. The molecule has 0 radical (unpaired) electrons. The molecule has 11 heteroatoms. The molecule has 2 aromatic rings. The monoisotopic (exact) mass is 556 g/mol. The van der Waals surface area contributed by atoms with E-state index in [-0.39, 0.29) is 11.1 Å². The van der Waals surface area contributed by atoms with Gasteiger partial charge in [0.2, 0.25) is 0 Å². The lowest BCUT2D eigenvalue weighted by Crippen LogP contribution is -2.45. The smallest absolute Gasteiger partial charge is 0.404 e. The summed E-state index contributed by atoms with van der Waals surface area (Å²) < 4.78 is 35.0. The SMILES string of the molecule is Cc1cccc(C2CCCCC2)c1OC1(C(=O)NS(=O)(=O)c2cccc(N3CCC(NC(=O)O)CC3)n2)CC1. The molecule has 2 saturated carbocycles. The van der Waals surface area contributed by atoms with Gasteiger partial charge in [0.1, 0.15) is 11.6 Å². The number of hydrogen-bond acceptors (Lipinski definition) is 7. The highest BCUT2D eigenvalue weighted by atomic mass is 32.2. The summed E-state index contributed by atoms with van der Waals surface area (Å²) in [6, 6.07) is 10.6. The maximum atomic E-state index is 13.3. The van der Waals surface area contributed by atoms with Crippen LogP contribution in [-0.2, 0) is 14.8 Å². The van der Waals surface area contributed by atoms with Gasteiger partial charge in [0.15, 0.2) is 10.6 Å². The summed E-state index contributed by atoms with van der Waals surface area (Å²) >= 11 is 0. The van der Waals surface area contributed by atoms with Crippen molar-refractivity contribution in [1.29, 1.82) is 0 Å². The first kappa shape index (κ1) is 27.2. The van der Waals surface area contributed by atoms with Gasteiger partial charge < -0.3 is 20.1 Å². The molecular formula is C28H36N4O6S. The van der Waals surface area contributed by atoms with Gasteiger partial charge >= 0.3 is 6.09 Å². The van der Waals surface area contributed by atoms with Crippen molar-refractivity contribution in [2.24, 2.45) is 0 Å². The topological polar surface area (TPSA) is 138 Å². The quantitative estimate of drug-likeness (QED) is 0.442. The van der Waals surface area contributed by atoms with Crippen molar-refractivity contribution < 1.29 is 27.9 Å². The van der Waals surface area contributed by atoms with Crippen molar-refractivity contribution in [3.8, 4) is 5.75 Å². The number of aryl methyl sites for hydroxylation is 1. The second-order valence-electron chi connectivity index (χ2n) is 10.9. The van der Waals surface area contributed by atoms with E-state index in [0.717, 1.165) is 24.0 Å². The Morgan fingerprint density at radius 2 is 1.72 bits per heavy atom. The predicted octanol–water partition coefficient (Wildman–Crippen LogP) is 4.09. The molecule has 0 spiro atoms. The highest BCUT2D eigenvalue weighted by molar-refractivity contribution is 7.90. The molecule has 39 heavy (non-hydrogen) atoms. The minimum absolute atomic E-state index is 0.147. The van der Waals surface area contributed by atoms with E-state index >= 15 is 0 Å². The maximum absolute atomic E-state index is 13.3. The first-order valence-electron chi connectivity index (χ1n) is 13.7. The third-order valence-electron chi connectivity index (χ3n) is 8.06. The molecule has 10 nitrogen and oxygen atoms in total. The van der Waals surface area contributed by atoms with Gasteiger partial charge in [-0.1, -0.05) is 43.5 Å². The summed E-state index contributed by atoms with van der Waals surface area (Å²) in [6.07, 6.45) is 6.76. The van der Waals surface area contributed by atoms with Crippen LogP contribution >= 0.6 is 0 Å². The van der Waals surface area contributed by atoms with Gasteiger partial charge in [-0.15, -0.1) is 0 Å². The van der Waals surface area contributed by atoms with Gasteiger partial charge in [-0.2, -0.15) is 8.42 Å². The summed E-state index contributed by atoms with van der Waals surface area (Å²) in [5.41, 5.74) is 0.837. The summed E-state index contributed by atoms with van der Waals surface area (Å²) in [5.74, 6) is 0.880. The number of carbonyl (C=O) groups excluding carboxylic acids is 1. The molecule has 0 bridgehead atoms. The Morgan fingerprint density at radius 3 is 2.38 bits per heavy atom. The average Bonchev–Trinajstić information content (AvgIpc) is 3.71. The molecule has 2 aliphatic carbocycles. The largest absolute Gasteiger partial charge is 0.477 e. The van der Waals surface area contributed by atoms with Gasteiger partial charge in [0.25, 0.3) is 15.9 Å². The molecule has 1 saturated heterocycles. The highest BCUT2D eigenvalue weighted by Crippen LogP contribution is 2.46. The Labute approximate surface area is 229 Å². The second kappa shape index (κ2) is 11.0. The standard InChI is InChI=1S/C28H36N4O6S/c1-19-7-5-10-22(20-8-3-2-4-9-20)25(19)38-28(15-16-28)26(33)31-39(36,37)24-12-6-11-23(30-24)32-17-13-21(14-18-32)29-27(34)35/h5-7,10-12,20-21,29H,2-4,8-9,13-18H2,1H3,(H,31,33)(H,34,35). The van der Waals surface area contributed by atoms with E-state index in [1.807, 2.05) is 24.0 Å². The van der Waals surface area contributed by atoms with Crippen molar-refractivity contribution in [1.82, 2.24) is 15.0 Å². The van der Waals surface area contributed by atoms with Crippen LogP contribution in [0.25, 0.3) is 0 Å². The number of nitrogens with one attached hydrogen (secondary N) is 2. The number of nitrogens with zero attached hydrogens (tertiary/aromatic N) is 2. The summed E-state index contributed by atoms with van der Waals surface area (Å²) in [7, 11) is -4.23. The molecule has 2 heterocycles. The third-order valence-corrected chi connectivity index (χ3v) is 9.29. The zero-order chi connectivity index (χ0) is 27.6. The van der Waals surface area contributed by atoms with Crippen LogP contribution in [0.2, 0.25) is 0 Å². The Morgan fingerprint density at radius 1 is 1.03 bits per heavy atom. The number of carboxylic acid groups (broad SMARTS) is 1. The van der Waals surface area contributed by atoms with E-state index in [1.54, 1.807) is 12.1 Å². The van der Waals surface area contributed by atoms with Crippen molar-refractivity contribution in [2.75, 3.05) is 18.0 Å². The molecule has 5 rings (SSSR count). The average molecular weight is 557 g/mol. The minimum Gasteiger partial charge on any atom is -0.477 e. The van der Waals surface area contributed by atoms with Crippen LogP contribution < -0.4 is 19.7 Å². The number of aromatic nitrogens is 1. The first-order valence-corrected chi connectivity index (χ1v) is 15.2. The summed E-state index contributed by atoms with van der Waals surface area (Å²) in [4.78, 5) is 30.5. The number of sulfonamides is 1. The van der Waals surface area contributed by atoms with E-state index in [1.165, 1.54) is 25.3 Å². The van der Waals surface area contributed by atoms with Crippen LogP contribution in [-0.4, -0.2) is 55.2 Å². The number of hydrogen-bond donors (Lipinski definition) is 3. The number of carbonyl (C=O) groups is 2. The lowest BCUT2D eigenvalue weighted by atomic mass is 9.83. The van der Waals surface area contributed by atoms with Crippen molar-refractivity contribution in [3.05, 3.63) is 47.5 Å². The fraction of sp³-hybridized carbons (Fsp3) is 0.536. The molecule has 0 unspecified atom stereocenters. The molecule has 2 amide bonds. The predicted molar refractivity (Wildman–Crippen MR) is 146 cm³/mol. The number of anilines is 1. The number of para-hydroxylation sites is 1. The normalized spacial score (nSPS) is 19.8. The number of amides is 2. The molecule has 3 aliphatic rings. The van der Waals surface area contributed by atoms with Crippen LogP contribution in [0.1, 0.15) is 74.8 Å². The minimum atomic E-state index is -4.23. The Hall–Kier alpha value is -3.34. The van der Waals surface area contributed by atoms with Crippen LogP contribution in [0.4, 0.5) is 10.6 Å². The number of rotatable bonds is 8. The van der Waals surface area contributed by atoms with Crippen molar-refractivity contribution in [3.63, 3.8) is 0 Å². The Bertz CT molecular complexity index is 1330. The molecule has 1 aromatic heterocycles. The zero-order valence-electron chi connectivity index (χ0n) is 22.2. The lowest BCUT2D eigenvalue weighted by Gasteiger charge is -2.32. The molecule has 210 valence electrons. The maximum Gasteiger partial charge on any atom is 0.404 e. The fourth-order valence-electron chi connectivity index (χ4n) is 5.66. The van der Waals surface area contributed by atoms with Crippen LogP contribution in [0, 0.1) is 6.92 Å². The molecule has 1 aromatic carbocycles. The molecule has 0 atom stereocenters. The number of ether oxygens (including phenoxy) is 1. The molecule has 1 aliphatic heterocycles. The first-order chi connectivity index (χ1) is 18.7. The van der Waals surface area contributed by atoms with E-state index in [2.05, 4.69) is 21.1 Å². The van der Waals surface area contributed by atoms with E-state index in [9.17, 15) is 18.0 Å². The van der Waals surface area contributed by atoms with Gasteiger partial charge in [-0.25, -0.2) is 14.5 Å². The van der Waals surface area contributed by atoms with E-state index < -0.39 is 27.6 Å². The van der Waals surface area contributed by atoms with Crippen LogP contribution in [0.3, 0.4) is 0 Å². The zero-order valence-corrected chi connectivity index (χ0v) is 23.0. The van der Waals surface area contributed by atoms with Crippen LogP contribution in [0.5, 0.6) is 5.75 Å². The van der Waals surface area contributed by atoms with Gasteiger partial charge in [0.05, 0.1) is 0 Å². The molecule has 3 fully saturated rings. The van der Waals surface area contributed by atoms with E-state index in [4.69, 9.17) is 9.84 Å².